The predicted octanol–water partition coefficient (Wildman–Crippen LogP) is 15.6. The molecule has 4 aliphatic heterocycles. The summed E-state index contributed by atoms with van der Waals surface area (Å²) in [4.78, 5) is 83.5. The van der Waals surface area contributed by atoms with Crippen molar-refractivity contribution in [1.82, 2.24) is 19.6 Å². The number of amides is 4. The second-order valence-electron chi connectivity index (χ2n) is 40.0. The van der Waals surface area contributed by atoms with Gasteiger partial charge in [0, 0.05) is 103 Å². The molecule has 8 N–H and O–H groups in total. The summed E-state index contributed by atoms with van der Waals surface area (Å²) in [6.45, 7) is 1.30. The van der Waals surface area contributed by atoms with Crippen molar-refractivity contribution >= 4 is 47.5 Å². The normalized spacial score (nSPS) is 29.6. The van der Waals surface area contributed by atoms with Crippen molar-refractivity contribution in [2.45, 2.75) is 233 Å². The lowest BCUT2D eigenvalue weighted by molar-refractivity contribution is -0.139. The molecule has 8 spiro atoms. The van der Waals surface area contributed by atoms with E-state index in [1.807, 2.05) is 121 Å². The number of nitrogens with two attached hydrogens (primary N) is 4. The van der Waals surface area contributed by atoms with E-state index in [1.165, 1.54) is 65.7 Å². The number of nitrogens with zero attached hydrogens (tertiary/aromatic N) is 8. The van der Waals surface area contributed by atoms with Crippen LogP contribution < -0.4 is 22.9 Å². The molecule has 20 heteroatoms. The van der Waals surface area contributed by atoms with E-state index >= 15 is 0 Å². The quantitative estimate of drug-likeness (QED) is 0.0931. The average molecular weight is 1770 g/mol. The largest absolute Gasteiger partial charge is 0.381 e. The maximum Gasteiger partial charge on any atom is 0.262 e. The molecule has 2 unspecified atom stereocenters. The molecule has 0 saturated heterocycles. The average Bonchev–Trinajstić information content (AvgIpc) is 1.54. The van der Waals surface area contributed by atoms with E-state index in [2.05, 4.69) is 120 Å². The Hall–Kier alpha value is -12.4. The first kappa shape index (κ1) is 88.5. The number of benzene rings is 8. The third-order valence-corrected chi connectivity index (χ3v) is 32.3. The number of hydrogen-bond acceptors (Lipinski definition) is 16. The Morgan fingerprint density at radius 3 is 0.789 bits per heavy atom. The van der Waals surface area contributed by atoms with Gasteiger partial charge in [-0.1, -0.05) is 181 Å². The second kappa shape index (κ2) is 35.5. The van der Waals surface area contributed by atoms with E-state index in [9.17, 15) is 19.2 Å². The van der Waals surface area contributed by atoms with Gasteiger partial charge >= 0.3 is 0 Å². The fourth-order valence-electron chi connectivity index (χ4n) is 24.5. The van der Waals surface area contributed by atoms with Crippen LogP contribution in [-0.4, -0.2) is 127 Å². The van der Waals surface area contributed by atoms with Gasteiger partial charge in [0.2, 0.25) is 0 Å². The van der Waals surface area contributed by atoms with Gasteiger partial charge in [-0.05, 0) is 289 Å². The van der Waals surface area contributed by atoms with Crippen LogP contribution in [0.5, 0.6) is 0 Å². The van der Waals surface area contributed by atoms with Gasteiger partial charge in [-0.25, -0.2) is 20.0 Å². The summed E-state index contributed by atoms with van der Waals surface area (Å²) >= 11 is 0. The van der Waals surface area contributed by atoms with Crippen molar-refractivity contribution in [2.24, 2.45) is 82.3 Å². The van der Waals surface area contributed by atoms with Crippen molar-refractivity contribution in [1.29, 1.82) is 0 Å². The number of aliphatic imine (C=N–C) groups is 4. The van der Waals surface area contributed by atoms with E-state index in [0.29, 0.717) is 61.2 Å². The minimum absolute atomic E-state index is 0.00997. The molecule has 0 bridgehead atoms. The van der Waals surface area contributed by atoms with Crippen LogP contribution in [0.15, 0.2) is 214 Å². The van der Waals surface area contributed by atoms with Crippen LogP contribution in [0, 0.1) is 86.8 Å². The molecule has 8 aromatic carbocycles. The lowest BCUT2D eigenvalue weighted by Gasteiger charge is -2.45. The Kier molecular flexibility index (Phi) is 23.6. The fraction of sp³-hybridized carbons (Fsp3) is 0.434. The van der Waals surface area contributed by atoms with Crippen LogP contribution in [0.3, 0.4) is 0 Å². The zero-order valence-electron chi connectivity index (χ0n) is 77.2. The summed E-state index contributed by atoms with van der Waals surface area (Å²) in [5.74, 6) is 29.5. The van der Waals surface area contributed by atoms with Crippen molar-refractivity contribution in [2.75, 3.05) is 35.5 Å². The zero-order valence-corrected chi connectivity index (χ0v) is 77.2. The topological polar surface area (TPSA) is 272 Å². The van der Waals surface area contributed by atoms with E-state index in [4.69, 9.17) is 61.9 Å². The molecule has 0 aromatic heterocycles. The van der Waals surface area contributed by atoms with E-state index in [1.54, 1.807) is 50.2 Å². The summed E-state index contributed by atoms with van der Waals surface area (Å²) in [6.07, 6.45) is 26.1. The van der Waals surface area contributed by atoms with Gasteiger partial charge in [0.25, 0.3) is 23.6 Å². The number of rotatable bonds is 10. The Balaban J connectivity index is 0.000000110. The summed E-state index contributed by atoms with van der Waals surface area (Å²) in [7, 11) is 8.84. The minimum atomic E-state index is -0.975. The van der Waals surface area contributed by atoms with Crippen LogP contribution >= 0.6 is 0 Å². The Morgan fingerprint density at radius 1 is 0.301 bits per heavy atom. The molecule has 4 heterocycles. The zero-order chi connectivity index (χ0) is 91.7. The molecule has 8 aromatic rings. The molecule has 11 aliphatic carbocycles. The predicted molar refractivity (Wildman–Crippen MR) is 516 cm³/mol. The molecule has 0 radical (unpaired) electrons. The van der Waals surface area contributed by atoms with Crippen molar-refractivity contribution in [3.8, 4) is 47.4 Å². The molecule has 7 saturated carbocycles. The van der Waals surface area contributed by atoms with Crippen LogP contribution in [0.25, 0.3) is 0 Å². The van der Waals surface area contributed by atoms with Crippen molar-refractivity contribution < 1.29 is 38.1 Å². The van der Waals surface area contributed by atoms with Crippen molar-refractivity contribution in [3.05, 3.63) is 283 Å². The molecular weight excluding hydrogens is 1650 g/mol. The van der Waals surface area contributed by atoms with Crippen LogP contribution in [-0.2, 0) is 106 Å². The Morgan fingerprint density at radius 2 is 0.541 bits per heavy atom. The lowest BCUT2D eigenvalue weighted by Crippen LogP contribution is -2.52. The second-order valence-corrected chi connectivity index (χ2v) is 40.0. The molecule has 20 nitrogen and oxygen atoms in total. The van der Waals surface area contributed by atoms with Gasteiger partial charge in [0.1, 0.15) is 0 Å². The first-order valence-corrected chi connectivity index (χ1v) is 48.2. The van der Waals surface area contributed by atoms with E-state index in [-0.39, 0.29) is 69.7 Å². The number of fused-ring (bicyclic) bond motifs is 12. The maximum atomic E-state index is 14.4. The number of likely N-dealkylation sites (N-methyl/N-ethyl adjacent to an activating group) is 1. The monoisotopic (exact) mass is 1770 g/mol. The number of carbonyl (C=O) groups excluding carboxylic acids is 4. The van der Waals surface area contributed by atoms with Gasteiger partial charge in [0.15, 0.2) is 46.0 Å². The summed E-state index contributed by atoms with van der Waals surface area (Å²) in [5.41, 5.74) is 37.5. The number of hydrogen-bond donors (Lipinski definition) is 4. The fourth-order valence-corrected chi connectivity index (χ4v) is 24.5. The maximum absolute atomic E-state index is 14.4. The van der Waals surface area contributed by atoms with Crippen LogP contribution in [0.4, 0.5) is 0 Å². The van der Waals surface area contributed by atoms with E-state index < -0.39 is 22.2 Å². The number of guanidine groups is 4. The molecule has 4 amide bonds. The number of methoxy groups -OCH3 is 4. The molecule has 7 fully saturated rings. The Labute approximate surface area is 782 Å². The first-order valence-electron chi connectivity index (χ1n) is 48.2. The van der Waals surface area contributed by atoms with Gasteiger partial charge in [-0.3, -0.25) is 38.8 Å². The summed E-state index contributed by atoms with van der Waals surface area (Å²) < 4.78 is 22.6. The molecular formula is C113H120N12O8. The SMILES string of the molecule is COC1CCC2(CC1)Cc1ccc(C#CC3CC3)cc1C21N=C(N)N(Cc2ccccc2)C1=O.COC1CCC2(CC1)Cc1ccc(C#CC3CC3)cc1[C@@]21N=C(N)N(Cc2ccccc2)C1=O.COC1CCC2(CC1)Cc1ccc(C#CC3CC3)cc1[C@]21N=C(N)N(Cc2ccccc2)C1=O.COC1CCC2(CC1)Cc1ccc(C#Cc3ccccc3)cc1C21N=C(N)N(C)C1=O. The van der Waals surface area contributed by atoms with Crippen molar-refractivity contribution in [3.63, 3.8) is 0 Å². The highest BCUT2D eigenvalue weighted by atomic mass is 16.5. The third-order valence-electron chi connectivity index (χ3n) is 32.3. The molecule has 15 aliphatic rings. The summed E-state index contributed by atoms with van der Waals surface area (Å²) in [6, 6.07) is 65.4. The molecule has 680 valence electrons. The molecule has 133 heavy (non-hydrogen) atoms. The standard InChI is InChI=1S/3C29H31N3O2.C26H27N3O2/c3*1-34-24-13-15-28(16-14-24)18-23-12-11-21(10-9-20-7-8-20)17-25(23)29(28)26(33)32(27(30)31-29)19-22-5-3-2-4-6-22;1-29-23(30)26(28-24(29)27)22-16-19(9-8-18-6-4-3-5-7-18)10-11-20(22)17-25(26)14-12-21(31-2)13-15-25/h3*2-6,11-12,17,20,24H,7-8,13-16,18-19H2,1H3,(H2,30,31);3-7,10-11,16,21H,12-15,17H2,1-2H3,(H2,27,28)/t2*24?,28?,29-;;/m10../s1. The number of ether oxygens (including phenoxy) is 4. The first-order chi connectivity index (χ1) is 64.6. The van der Waals surface area contributed by atoms with Crippen LogP contribution in [0.2, 0.25) is 0 Å². The lowest BCUT2D eigenvalue weighted by atomic mass is 9.61. The van der Waals surface area contributed by atoms with Gasteiger partial charge in [0.05, 0.1) is 44.1 Å². The Bertz CT molecular complexity index is 5820. The molecule has 4 atom stereocenters. The highest BCUT2D eigenvalue weighted by Crippen LogP contribution is 2.67. The van der Waals surface area contributed by atoms with Gasteiger partial charge < -0.3 is 41.9 Å². The highest BCUT2D eigenvalue weighted by molar-refractivity contribution is 6.11. The highest BCUT2D eigenvalue weighted by Gasteiger charge is 2.71. The molecule has 23 rings (SSSR count). The van der Waals surface area contributed by atoms with Crippen LogP contribution in [0.1, 0.15) is 230 Å². The third kappa shape index (κ3) is 15.7. The summed E-state index contributed by atoms with van der Waals surface area (Å²) in [5, 5.41) is 0. The number of carbonyl (C=O) groups is 4. The minimum Gasteiger partial charge on any atom is -0.381 e. The smallest absolute Gasteiger partial charge is 0.262 e. The van der Waals surface area contributed by atoms with Gasteiger partial charge in [-0.2, -0.15) is 0 Å². The van der Waals surface area contributed by atoms with E-state index in [0.717, 1.165) is 195 Å². The van der Waals surface area contributed by atoms with Gasteiger partial charge in [-0.15, -0.1) is 0 Å².